The number of rotatable bonds is 5. The van der Waals surface area contributed by atoms with E-state index in [9.17, 15) is 14.9 Å². The summed E-state index contributed by atoms with van der Waals surface area (Å²) in [5.41, 5.74) is 5.74. The fourth-order valence-corrected chi connectivity index (χ4v) is 1.36. The summed E-state index contributed by atoms with van der Waals surface area (Å²) in [6, 6.07) is 5.84. The molecule has 0 bridgehead atoms. The van der Waals surface area contributed by atoms with Crippen molar-refractivity contribution in [2.45, 2.75) is 32.2 Å². The van der Waals surface area contributed by atoms with Crippen LogP contribution >= 0.6 is 0 Å². The van der Waals surface area contributed by atoms with Gasteiger partial charge in [0, 0.05) is 29.8 Å². The SMILES string of the molecule is CC(C)(N)CCC(=O)Nc1cccc([N+](=O)[O-])c1. The molecule has 0 aliphatic heterocycles. The lowest BCUT2D eigenvalue weighted by atomic mass is 10.00. The maximum absolute atomic E-state index is 11.6. The summed E-state index contributed by atoms with van der Waals surface area (Å²) >= 11 is 0. The highest BCUT2D eigenvalue weighted by Gasteiger charge is 2.14. The summed E-state index contributed by atoms with van der Waals surface area (Å²) in [5, 5.41) is 13.2. The Morgan fingerprint density at radius 2 is 2.17 bits per heavy atom. The van der Waals surface area contributed by atoms with Gasteiger partial charge in [0.05, 0.1) is 4.92 Å². The number of hydrogen-bond acceptors (Lipinski definition) is 4. The second-order valence-corrected chi connectivity index (χ2v) is 4.84. The summed E-state index contributed by atoms with van der Waals surface area (Å²) in [5.74, 6) is -0.200. The van der Waals surface area contributed by atoms with E-state index < -0.39 is 10.5 Å². The average Bonchev–Trinajstić information content (AvgIpc) is 2.26. The van der Waals surface area contributed by atoms with E-state index in [4.69, 9.17) is 5.73 Å². The molecule has 1 aromatic carbocycles. The van der Waals surface area contributed by atoms with E-state index in [2.05, 4.69) is 5.32 Å². The number of non-ortho nitro benzene ring substituents is 1. The topological polar surface area (TPSA) is 98.3 Å². The molecule has 0 atom stereocenters. The molecule has 0 radical (unpaired) electrons. The van der Waals surface area contributed by atoms with Gasteiger partial charge in [0.25, 0.3) is 5.69 Å². The molecular weight excluding hydrogens is 234 g/mol. The van der Waals surface area contributed by atoms with Gasteiger partial charge in [-0.15, -0.1) is 0 Å². The lowest BCUT2D eigenvalue weighted by Gasteiger charge is -2.17. The molecule has 6 heteroatoms. The number of anilines is 1. The van der Waals surface area contributed by atoms with Crippen LogP contribution in [-0.4, -0.2) is 16.4 Å². The van der Waals surface area contributed by atoms with Crippen LogP contribution in [0.25, 0.3) is 0 Å². The molecule has 3 N–H and O–H groups in total. The molecule has 6 nitrogen and oxygen atoms in total. The van der Waals surface area contributed by atoms with Crippen LogP contribution in [0.3, 0.4) is 0 Å². The number of nitro groups is 1. The zero-order chi connectivity index (χ0) is 13.8. The smallest absolute Gasteiger partial charge is 0.271 e. The molecule has 18 heavy (non-hydrogen) atoms. The molecular formula is C12H17N3O3. The van der Waals surface area contributed by atoms with E-state index in [1.807, 2.05) is 13.8 Å². The molecule has 0 heterocycles. The van der Waals surface area contributed by atoms with Crippen molar-refractivity contribution in [1.29, 1.82) is 0 Å². The van der Waals surface area contributed by atoms with Crippen molar-refractivity contribution in [3.8, 4) is 0 Å². The molecule has 0 saturated carbocycles. The summed E-state index contributed by atoms with van der Waals surface area (Å²) in [4.78, 5) is 21.7. The van der Waals surface area contributed by atoms with Crippen LogP contribution in [0.1, 0.15) is 26.7 Å². The highest BCUT2D eigenvalue weighted by atomic mass is 16.6. The molecule has 0 aromatic heterocycles. The molecule has 0 spiro atoms. The number of carbonyl (C=O) groups is 1. The molecule has 98 valence electrons. The number of amides is 1. The van der Waals surface area contributed by atoms with Gasteiger partial charge in [-0.25, -0.2) is 0 Å². The van der Waals surface area contributed by atoms with Gasteiger partial charge in [-0.05, 0) is 26.3 Å². The standard InChI is InChI=1S/C12H17N3O3/c1-12(2,13)7-6-11(16)14-9-4-3-5-10(8-9)15(17)18/h3-5,8H,6-7,13H2,1-2H3,(H,14,16). The van der Waals surface area contributed by atoms with Crippen LogP contribution in [0.4, 0.5) is 11.4 Å². The Balaban J connectivity index is 2.59. The largest absolute Gasteiger partial charge is 0.326 e. The summed E-state index contributed by atoms with van der Waals surface area (Å²) in [6.07, 6.45) is 0.833. The molecule has 0 fully saturated rings. The van der Waals surface area contributed by atoms with Crippen LogP contribution in [0.2, 0.25) is 0 Å². The molecule has 0 aliphatic carbocycles. The first-order valence-electron chi connectivity index (χ1n) is 5.61. The number of benzene rings is 1. The van der Waals surface area contributed by atoms with E-state index in [0.717, 1.165) is 0 Å². The lowest BCUT2D eigenvalue weighted by molar-refractivity contribution is -0.384. The molecule has 0 saturated heterocycles. The van der Waals surface area contributed by atoms with Crippen molar-refractivity contribution in [3.05, 3.63) is 34.4 Å². The van der Waals surface area contributed by atoms with E-state index in [1.54, 1.807) is 6.07 Å². The van der Waals surface area contributed by atoms with E-state index in [1.165, 1.54) is 18.2 Å². The molecule has 1 aromatic rings. The second-order valence-electron chi connectivity index (χ2n) is 4.84. The predicted molar refractivity (Wildman–Crippen MR) is 69.2 cm³/mol. The van der Waals surface area contributed by atoms with Gasteiger partial charge in [-0.1, -0.05) is 6.07 Å². The fourth-order valence-electron chi connectivity index (χ4n) is 1.36. The minimum absolute atomic E-state index is 0.0491. The maximum Gasteiger partial charge on any atom is 0.271 e. The number of nitrogens with zero attached hydrogens (tertiary/aromatic N) is 1. The summed E-state index contributed by atoms with van der Waals surface area (Å²) in [6.45, 7) is 3.68. The highest BCUT2D eigenvalue weighted by molar-refractivity contribution is 5.91. The van der Waals surface area contributed by atoms with Crippen LogP contribution in [-0.2, 0) is 4.79 Å². The molecule has 0 aliphatic rings. The molecule has 1 rings (SSSR count). The monoisotopic (exact) mass is 251 g/mol. The number of nitrogens with two attached hydrogens (primary N) is 1. The Kier molecular flexibility index (Phi) is 4.38. The first kappa shape index (κ1) is 14.1. The van der Waals surface area contributed by atoms with Gasteiger partial charge >= 0.3 is 0 Å². The highest BCUT2D eigenvalue weighted by Crippen LogP contribution is 2.17. The summed E-state index contributed by atoms with van der Waals surface area (Å²) < 4.78 is 0. The number of hydrogen-bond donors (Lipinski definition) is 2. The van der Waals surface area contributed by atoms with E-state index >= 15 is 0 Å². The van der Waals surface area contributed by atoms with Gasteiger partial charge in [-0.3, -0.25) is 14.9 Å². The fraction of sp³-hybridized carbons (Fsp3) is 0.417. The van der Waals surface area contributed by atoms with Gasteiger partial charge in [0.2, 0.25) is 5.91 Å². The van der Waals surface area contributed by atoms with Crippen molar-refractivity contribution in [2.24, 2.45) is 5.73 Å². The second kappa shape index (κ2) is 5.59. The quantitative estimate of drug-likeness (QED) is 0.618. The van der Waals surface area contributed by atoms with Crippen LogP contribution in [0, 0.1) is 10.1 Å². The van der Waals surface area contributed by atoms with Crippen molar-refractivity contribution < 1.29 is 9.72 Å². The van der Waals surface area contributed by atoms with Gasteiger partial charge in [-0.2, -0.15) is 0 Å². The summed E-state index contributed by atoms with van der Waals surface area (Å²) in [7, 11) is 0. The van der Waals surface area contributed by atoms with E-state index in [0.29, 0.717) is 12.1 Å². The van der Waals surface area contributed by atoms with Crippen molar-refractivity contribution in [3.63, 3.8) is 0 Å². The third-order valence-electron chi connectivity index (χ3n) is 2.34. The van der Waals surface area contributed by atoms with Gasteiger partial charge in [0.15, 0.2) is 0 Å². The number of nitrogens with one attached hydrogen (secondary N) is 1. The third kappa shape index (κ3) is 4.92. The van der Waals surface area contributed by atoms with Crippen LogP contribution < -0.4 is 11.1 Å². The maximum atomic E-state index is 11.6. The molecule has 1 amide bonds. The van der Waals surface area contributed by atoms with Gasteiger partial charge in [0.1, 0.15) is 0 Å². The first-order chi connectivity index (χ1) is 8.28. The normalized spacial score (nSPS) is 11.1. The Morgan fingerprint density at radius 3 is 2.72 bits per heavy atom. The number of nitro benzene ring substituents is 1. The first-order valence-corrected chi connectivity index (χ1v) is 5.61. The predicted octanol–water partition coefficient (Wildman–Crippen LogP) is 2.05. The van der Waals surface area contributed by atoms with Crippen molar-refractivity contribution >= 4 is 17.3 Å². The zero-order valence-corrected chi connectivity index (χ0v) is 10.5. The average molecular weight is 251 g/mol. The minimum Gasteiger partial charge on any atom is -0.326 e. The lowest BCUT2D eigenvalue weighted by Crippen LogP contribution is -2.33. The molecule has 0 unspecified atom stereocenters. The Hall–Kier alpha value is -1.95. The number of carbonyl (C=O) groups excluding carboxylic acids is 1. The van der Waals surface area contributed by atoms with Crippen LogP contribution in [0.5, 0.6) is 0 Å². The van der Waals surface area contributed by atoms with E-state index in [-0.39, 0.29) is 18.0 Å². The zero-order valence-electron chi connectivity index (χ0n) is 10.5. The Morgan fingerprint density at radius 1 is 1.50 bits per heavy atom. The van der Waals surface area contributed by atoms with Gasteiger partial charge < -0.3 is 11.1 Å². The van der Waals surface area contributed by atoms with Crippen molar-refractivity contribution in [1.82, 2.24) is 0 Å². The Bertz CT molecular complexity index is 452. The minimum atomic E-state index is -0.501. The Labute approximate surface area is 105 Å². The van der Waals surface area contributed by atoms with Crippen molar-refractivity contribution in [2.75, 3.05) is 5.32 Å². The third-order valence-corrected chi connectivity index (χ3v) is 2.34. The van der Waals surface area contributed by atoms with Crippen LogP contribution in [0.15, 0.2) is 24.3 Å².